The molecule has 112 valence electrons. The van der Waals surface area contributed by atoms with E-state index >= 15 is 0 Å². The van der Waals surface area contributed by atoms with E-state index in [1.165, 1.54) is 6.33 Å². The Kier molecular flexibility index (Phi) is 4.76. The number of hydrogen-bond acceptors (Lipinski definition) is 6. The predicted octanol–water partition coefficient (Wildman–Crippen LogP) is 1.92. The summed E-state index contributed by atoms with van der Waals surface area (Å²) in [6, 6.07) is 3.57. The van der Waals surface area contributed by atoms with Crippen LogP contribution in [0.4, 0.5) is 5.82 Å². The molecule has 0 spiro atoms. The summed E-state index contributed by atoms with van der Waals surface area (Å²) in [6.07, 6.45) is 2.07. The Morgan fingerprint density at radius 2 is 2.10 bits per heavy atom. The van der Waals surface area contributed by atoms with Crippen LogP contribution < -0.4 is 14.8 Å². The van der Waals surface area contributed by atoms with Crippen LogP contribution in [0.1, 0.15) is 12.8 Å². The number of hydrogen-bond donors (Lipinski definition) is 2. The number of methoxy groups -OCH3 is 2. The Morgan fingerprint density at radius 1 is 1.29 bits per heavy atom. The van der Waals surface area contributed by atoms with Crippen molar-refractivity contribution in [2.24, 2.45) is 0 Å². The fourth-order valence-corrected chi connectivity index (χ4v) is 1.97. The molecule has 0 aliphatic heterocycles. The topological polar surface area (TPSA) is 93.6 Å². The molecule has 1 heterocycles. The summed E-state index contributed by atoms with van der Waals surface area (Å²) in [5.74, 6) is 1.05. The lowest BCUT2D eigenvalue weighted by atomic mass is 10.2. The summed E-state index contributed by atoms with van der Waals surface area (Å²) in [5.41, 5.74) is 0.675. The smallest absolute Gasteiger partial charge is 0.303 e. The average molecular weight is 291 g/mol. The molecule has 0 aliphatic rings. The molecule has 2 aromatic rings. The van der Waals surface area contributed by atoms with Crippen LogP contribution in [0, 0.1) is 0 Å². The van der Waals surface area contributed by atoms with Crippen molar-refractivity contribution in [3.05, 3.63) is 18.5 Å². The first-order chi connectivity index (χ1) is 10.2. The molecule has 0 saturated carbocycles. The normalized spacial score (nSPS) is 10.4. The van der Waals surface area contributed by atoms with E-state index < -0.39 is 5.97 Å². The van der Waals surface area contributed by atoms with Gasteiger partial charge < -0.3 is 19.9 Å². The quantitative estimate of drug-likeness (QED) is 0.753. The highest BCUT2D eigenvalue weighted by molar-refractivity contribution is 5.94. The number of nitrogens with zero attached hydrogens (tertiary/aromatic N) is 2. The van der Waals surface area contributed by atoms with Gasteiger partial charge in [-0.1, -0.05) is 0 Å². The molecule has 0 bridgehead atoms. The van der Waals surface area contributed by atoms with E-state index in [1.54, 1.807) is 20.3 Å². The van der Waals surface area contributed by atoms with Crippen LogP contribution in [0.15, 0.2) is 18.5 Å². The number of rotatable bonds is 7. The maximum absolute atomic E-state index is 10.5. The van der Waals surface area contributed by atoms with Gasteiger partial charge in [0, 0.05) is 19.0 Å². The Bertz CT molecular complexity index is 645. The van der Waals surface area contributed by atoms with Crippen LogP contribution in [-0.4, -0.2) is 41.8 Å². The first kappa shape index (κ1) is 14.8. The number of aromatic nitrogens is 2. The summed E-state index contributed by atoms with van der Waals surface area (Å²) in [7, 11) is 3.14. The van der Waals surface area contributed by atoms with E-state index in [1.807, 2.05) is 6.07 Å². The molecule has 0 amide bonds. The minimum atomic E-state index is -0.812. The molecule has 7 heteroatoms. The standard InChI is InChI=1S/C14H17N3O4/c1-20-9-6-10-13(11(7-9)21-2)16-8-17-14(10)15-5-3-4-12(18)19/h6-8H,3-5H2,1-2H3,(H,18,19)(H,15,16,17). The van der Waals surface area contributed by atoms with Gasteiger partial charge in [0.2, 0.25) is 0 Å². The second kappa shape index (κ2) is 6.74. The van der Waals surface area contributed by atoms with Crippen molar-refractivity contribution in [3.8, 4) is 11.5 Å². The number of fused-ring (bicyclic) bond motifs is 1. The van der Waals surface area contributed by atoms with Gasteiger partial charge in [-0.05, 0) is 12.5 Å². The van der Waals surface area contributed by atoms with E-state index in [2.05, 4.69) is 15.3 Å². The SMILES string of the molecule is COc1cc(OC)c2ncnc(NCCCC(=O)O)c2c1. The highest BCUT2D eigenvalue weighted by atomic mass is 16.5. The number of benzene rings is 1. The Balaban J connectivity index is 2.28. The van der Waals surface area contributed by atoms with Crippen molar-refractivity contribution in [2.75, 3.05) is 26.1 Å². The van der Waals surface area contributed by atoms with E-state index in [9.17, 15) is 4.79 Å². The van der Waals surface area contributed by atoms with Gasteiger partial charge in [-0.3, -0.25) is 4.79 Å². The second-order valence-corrected chi connectivity index (χ2v) is 4.37. The van der Waals surface area contributed by atoms with Gasteiger partial charge in [-0.15, -0.1) is 0 Å². The molecule has 0 unspecified atom stereocenters. The van der Waals surface area contributed by atoms with Crippen molar-refractivity contribution in [2.45, 2.75) is 12.8 Å². The van der Waals surface area contributed by atoms with Crippen LogP contribution in [0.3, 0.4) is 0 Å². The van der Waals surface area contributed by atoms with Crippen LogP contribution in [0.2, 0.25) is 0 Å². The number of carbonyl (C=O) groups is 1. The average Bonchev–Trinajstić information content (AvgIpc) is 2.50. The maximum atomic E-state index is 10.5. The van der Waals surface area contributed by atoms with Crippen molar-refractivity contribution < 1.29 is 19.4 Å². The minimum Gasteiger partial charge on any atom is -0.497 e. The molecule has 2 N–H and O–H groups in total. The summed E-state index contributed by atoms with van der Waals surface area (Å²) in [6.45, 7) is 0.512. The van der Waals surface area contributed by atoms with Gasteiger partial charge in [0.1, 0.15) is 29.2 Å². The van der Waals surface area contributed by atoms with Crippen molar-refractivity contribution in [1.29, 1.82) is 0 Å². The number of nitrogens with one attached hydrogen (secondary N) is 1. The van der Waals surface area contributed by atoms with Gasteiger partial charge in [0.15, 0.2) is 0 Å². The first-order valence-corrected chi connectivity index (χ1v) is 6.48. The van der Waals surface area contributed by atoms with Crippen LogP contribution in [-0.2, 0) is 4.79 Å². The van der Waals surface area contributed by atoms with Gasteiger partial charge in [0.25, 0.3) is 0 Å². The fraction of sp³-hybridized carbons (Fsp3) is 0.357. The van der Waals surface area contributed by atoms with Gasteiger partial charge >= 0.3 is 5.97 Å². The lowest BCUT2D eigenvalue weighted by Gasteiger charge is -2.11. The molecule has 2 rings (SSSR count). The van der Waals surface area contributed by atoms with Gasteiger partial charge in [0.05, 0.1) is 19.6 Å². The number of aliphatic carboxylic acids is 1. The van der Waals surface area contributed by atoms with E-state index in [-0.39, 0.29) is 6.42 Å². The molecule has 21 heavy (non-hydrogen) atoms. The monoisotopic (exact) mass is 291 g/mol. The molecular weight excluding hydrogens is 274 g/mol. The number of ether oxygens (including phenoxy) is 2. The van der Waals surface area contributed by atoms with Crippen LogP contribution in [0.25, 0.3) is 10.9 Å². The highest BCUT2D eigenvalue weighted by Crippen LogP contribution is 2.32. The summed E-state index contributed by atoms with van der Waals surface area (Å²) >= 11 is 0. The zero-order valence-corrected chi connectivity index (χ0v) is 11.9. The van der Waals surface area contributed by atoms with Crippen molar-refractivity contribution in [1.82, 2.24) is 9.97 Å². The predicted molar refractivity (Wildman–Crippen MR) is 78.0 cm³/mol. The van der Waals surface area contributed by atoms with Gasteiger partial charge in [-0.2, -0.15) is 0 Å². The third-order valence-corrected chi connectivity index (χ3v) is 2.99. The summed E-state index contributed by atoms with van der Waals surface area (Å²) < 4.78 is 10.5. The lowest BCUT2D eigenvalue weighted by Crippen LogP contribution is -2.07. The first-order valence-electron chi connectivity index (χ1n) is 6.48. The number of anilines is 1. The number of carboxylic acids is 1. The Labute approximate surface area is 121 Å². The number of carboxylic acid groups (broad SMARTS) is 1. The third-order valence-electron chi connectivity index (χ3n) is 2.99. The lowest BCUT2D eigenvalue weighted by molar-refractivity contribution is -0.137. The summed E-state index contributed by atoms with van der Waals surface area (Å²) in [4.78, 5) is 18.9. The molecule has 7 nitrogen and oxygen atoms in total. The highest BCUT2D eigenvalue weighted by Gasteiger charge is 2.11. The van der Waals surface area contributed by atoms with Crippen molar-refractivity contribution >= 4 is 22.7 Å². The molecule has 0 fully saturated rings. The zero-order chi connectivity index (χ0) is 15.2. The maximum Gasteiger partial charge on any atom is 0.303 e. The fourth-order valence-electron chi connectivity index (χ4n) is 1.97. The second-order valence-electron chi connectivity index (χ2n) is 4.37. The molecule has 1 aromatic heterocycles. The van der Waals surface area contributed by atoms with E-state index in [0.29, 0.717) is 35.8 Å². The van der Waals surface area contributed by atoms with Crippen LogP contribution >= 0.6 is 0 Å². The molecule has 0 saturated heterocycles. The Morgan fingerprint density at radius 3 is 2.76 bits per heavy atom. The van der Waals surface area contributed by atoms with Gasteiger partial charge in [-0.25, -0.2) is 9.97 Å². The minimum absolute atomic E-state index is 0.114. The molecule has 0 atom stereocenters. The molecule has 0 aliphatic carbocycles. The van der Waals surface area contributed by atoms with Crippen LogP contribution in [0.5, 0.6) is 11.5 Å². The van der Waals surface area contributed by atoms with E-state index in [0.717, 1.165) is 5.39 Å². The largest absolute Gasteiger partial charge is 0.497 e. The van der Waals surface area contributed by atoms with E-state index in [4.69, 9.17) is 14.6 Å². The zero-order valence-electron chi connectivity index (χ0n) is 11.9. The van der Waals surface area contributed by atoms with Crippen molar-refractivity contribution in [3.63, 3.8) is 0 Å². The molecular formula is C14H17N3O4. The Hall–Kier alpha value is -2.57. The molecule has 0 radical (unpaired) electrons. The molecule has 1 aromatic carbocycles. The summed E-state index contributed by atoms with van der Waals surface area (Å²) in [5, 5.41) is 12.5. The third kappa shape index (κ3) is 3.50.